The minimum absolute atomic E-state index is 0.308. The Morgan fingerprint density at radius 3 is 2.69 bits per heavy atom. The van der Waals surface area contributed by atoms with Crippen LogP contribution < -0.4 is 5.73 Å². The van der Waals surface area contributed by atoms with Gasteiger partial charge in [0.25, 0.3) is 0 Å². The quantitative estimate of drug-likeness (QED) is 0.882. The van der Waals surface area contributed by atoms with Gasteiger partial charge in [-0.05, 0) is 52.1 Å². The lowest BCUT2D eigenvalue weighted by atomic mass is 9.70. The third kappa shape index (κ3) is 2.69. The first-order valence-corrected chi connectivity index (χ1v) is 7.76. The van der Waals surface area contributed by atoms with Gasteiger partial charge in [-0.2, -0.15) is 0 Å². The monoisotopic (exact) mass is 301 g/mol. The maximum absolute atomic E-state index is 6.43. The molecule has 2 rings (SSSR count). The molecule has 1 aromatic heterocycles. The van der Waals surface area contributed by atoms with E-state index in [0.717, 1.165) is 6.42 Å². The lowest BCUT2D eigenvalue weighted by Crippen LogP contribution is -2.42. The Kier molecular flexibility index (Phi) is 4.09. The molecule has 1 atom stereocenters. The summed E-state index contributed by atoms with van der Waals surface area (Å²) in [5.74, 6) is 0. The molecule has 0 radical (unpaired) electrons. The smallest absolute Gasteiger partial charge is 0.0314 e. The van der Waals surface area contributed by atoms with Crippen molar-refractivity contribution in [3.63, 3.8) is 0 Å². The summed E-state index contributed by atoms with van der Waals surface area (Å²) >= 11 is 5.40. The van der Waals surface area contributed by atoms with E-state index in [0.29, 0.717) is 11.5 Å². The van der Waals surface area contributed by atoms with Crippen LogP contribution in [0.4, 0.5) is 0 Å². The predicted octanol–water partition coefficient (Wildman–Crippen LogP) is 4.35. The molecular weight excluding hydrogens is 282 g/mol. The molecule has 1 heterocycles. The fourth-order valence-electron chi connectivity index (χ4n) is 2.65. The molecule has 3 heteroatoms. The summed E-state index contributed by atoms with van der Waals surface area (Å²) in [6.07, 6.45) is 7.74. The second-order valence-corrected chi connectivity index (χ2v) is 7.07. The number of rotatable bonds is 3. The zero-order chi connectivity index (χ0) is 11.6. The summed E-state index contributed by atoms with van der Waals surface area (Å²) < 4.78 is 1.23. The van der Waals surface area contributed by atoms with Crippen LogP contribution in [0.15, 0.2) is 15.9 Å². The van der Waals surface area contributed by atoms with Crippen molar-refractivity contribution in [1.82, 2.24) is 0 Å². The highest BCUT2D eigenvalue weighted by Gasteiger charge is 2.33. The molecule has 0 aromatic carbocycles. The summed E-state index contributed by atoms with van der Waals surface area (Å²) in [6.45, 7) is 2.37. The van der Waals surface area contributed by atoms with E-state index in [2.05, 4.69) is 34.3 Å². The van der Waals surface area contributed by atoms with Crippen molar-refractivity contribution in [3.8, 4) is 0 Å². The van der Waals surface area contributed by atoms with Crippen LogP contribution in [0.25, 0.3) is 0 Å². The Morgan fingerprint density at radius 1 is 1.44 bits per heavy atom. The van der Waals surface area contributed by atoms with Crippen LogP contribution in [-0.2, 0) is 6.42 Å². The van der Waals surface area contributed by atoms with Crippen molar-refractivity contribution in [3.05, 3.63) is 20.8 Å². The molecule has 90 valence electrons. The molecule has 1 aliphatic carbocycles. The van der Waals surface area contributed by atoms with Gasteiger partial charge in [0, 0.05) is 15.4 Å². The molecule has 1 aliphatic rings. The fourth-order valence-corrected chi connectivity index (χ4v) is 4.22. The van der Waals surface area contributed by atoms with E-state index in [-0.39, 0.29) is 0 Å². The van der Waals surface area contributed by atoms with Gasteiger partial charge in [-0.1, -0.05) is 26.2 Å². The Hall–Kier alpha value is 0.140. The minimum Gasteiger partial charge on any atom is -0.327 e. The van der Waals surface area contributed by atoms with Gasteiger partial charge in [0.05, 0.1) is 0 Å². The Balaban J connectivity index is 2.01. The maximum atomic E-state index is 6.43. The van der Waals surface area contributed by atoms with Crippen LogP contribution in [-0.4, -0.2) is 6.04 Å². The van der Waals surface area contributed by atoms with Gasteiger partial charge in [0.2, 0.25) is 0 Å². The van der Waals surface area contributed by atoms with Crippen LogP contribution in [0, 0.1) is 5.41 Å². The van der Waals surface area contributed by atoms with E-state index in [1.807, 2.05) is 11.3 Å². The average Bonchev–Trinajstić information content (AvgIpc) is 2.65. The molecule has 1 fully saturated rings. The third-order valence-electron chi connectivity index (χ3n) is 3.99. The maximum Gasteiger partial charge on any atom is 0.0314 e. The first-order valence-electron chi connectivity index (χ1n) is 6.09. The van der Waals surface area contributed by atoms with Crippen molar-refractivity contribution in [2.75, 3.05) is 0 Å². The zero-order valence-corrected chi connectivity index (χ0v) is 12.2. The molecule has 0 amide bonds. The lowest BCUT2D eigenvalue weighted by molar-refractivity contribution is 0.169. The van der Waals surface area contributed by atoms with Crippen LogP contribution in [0.1, 0.15) is 43.9 Å². The van der Waals surface area contributed by atoms with E-state index in [4.69, 9.17) is 5.73 Å². The molecule has 0 saturated heterocycles. The first kappa shape index (κ1) is 12.6. The molecule has 16 heavy (non-hydrogen) atoms. The summed E-state index contributed by atoms with van der Waals surface area (Å²) in [5.41, 5.74) is 6.79. The predicted molar refractivity (Wildman–Crippen MR) is 74.9 cm³/mol. The third-order valence-corrected chi connectivity index (χ3v) is 5.94. The SMILES string of the molecule is CC1(C(N)Cc2sccc2Br)CCCCC1. The van der Waals surface area contributed by atoms with Crippen LogP contribution in [0.5, 0.6) is 0 Å². The highest BCUT2D eigenvalue weighted by atomic mass is 79.9. The van der Waals surface area contributed by atoms with E-state index in [1.165, 1.54) is 41.5 Å². The van der Waals surface area contributed by atoms with E-state index >= 15 is 0 Å². The molecule has 1 saturated carbocycles. The van der Waals surface area contributed by atoms with Crippen molar-refractivity contribution < 1.29 is 0 Å². The number of hydrogen-bond acceptors (Lipinski definition) is 2. The van der Waals surface area contributed by atoms with Crippen molar-refractivity contribution in [2.45, 2.75) is 51.5 Å². The van der Waals surface area contributed by atoms with Gasteiger partial charge < -0.3 is 5.73 Å². The molecule has 2 N–H and O–H groups in total. The summed E-state index contributed by atoms with van der Waals surface area (Å²) in [6, 6.07) is 2.43. The second kappa shape index (κ2) is 5.19. The Labute approximate surface area is 111 Å². The summed E-state index contributed by atoms with van der Waals surface area (Å²) in [7, 11) is 0. The summed E-state index contributed by atoms with van der Waals surface area (Å²) in [5, 5.41) is 2.13. The highest BCUT2D eigenvalue weighted by molar-refractivity contribution is 9.10. The molecule has 0 bridgehead atoms. The fraction of sp³-hybridized carbons (Fsp3) is 0.692. The number of hydrogen-bond donors (Lipinski definition) is 1. The van der Waals surface area contributed by atoms with Gasteiger partial charge >= 0.3 is 0 Å². The van der Waals surface area contributed by atoms with Gasteiger partial charge in [-0.3, -0.25) is 0 Å². The van der Waals surface area contributed by atoms with Gasteiger partial charge in [-0.25, -0.2) is 0 Å². The largest absolute Gasteiger partial charge is 0.327 e. The highest BCUT2D eigenvalue weighted by Crippen LogP contribution is 2.40. The Morgan fingerprint density at radius 2 is 2.12 bits per heavy atom. The summed E-state index contributed by atoms with van der Waals surface area (Å²) in [4.78, 5) is 1.40. The molecule has 0 spiro atoms. The average molecular weight is 302 g/mol. The first-order chi connectivity index (χ1) is 7.62. The van der Waals surface area contributed by atoms with Gasteiger partial charge in [0.1, 0.15) is 0 Å². The van der Waals surface area contributed by atoms with Gasteiger partial charge in [-0.15, -0.1) is 11.3 Å². The van der Waals surface area contributed by atoms with E-state index < -0.39 is 0 Å². The van der Waals surface area contributed by atoms with Crippen molar-refractivity contribution >= 4 is 27.3 Å². The topological polar surface area (TPSA) is 26.0 Å². The van der Waals surface area contributed by atoms with Crippen LogP contribution in [0.3, 0.4) is 0 Å². The normalized spacial score (nSPS) is 21.9. The lowest BCUT2D eigenvalue weighted by Gasteiger charge is -2.38. The molecule has 1 unspecified atom stereocenters. The van der Waals surface area contributed by atoms with Gasteiger partial charge in [0.15, 0.2) is 0 Å². The number of thiophene rings is 1. The number of nitrogens with two attached hydrogens (primary N) is 1. The molecule has 0 aliphatic heterocycles. The number of halogens is 1. The van der Waals surface area contributed by atoms with Crippen molar-refractivity contribution in [2.24, 2.45) is 11.1 Å². The molecular formula is C13H20BrNS. The second-order valence-electron chi connectivity index (χ2n) is 5.22. The van der Waals surface area contributed by atoms with Crippen LogP contribution in [0.2, 0.25) is 0 Å². The van der Waals surface area contributed by atoms with Crippen LogP contribution >= 0.6 is 27.3 Å². The van der Waals surface area contributed by atoms with E-state index in [1.54, 1.807) is 0 Å². The standard InChI is InChI=1S/C13H20BrNS/c1-13(6-3-2-4-7-13)12(15)9-11-10(14)5-8-16-11/h5,8,12H,2-4,6-7,9,15H2,1H3. The van der Waals surface area contributed by atoms with Crippen molar-refractivity contribution in [1.29, 1.82) is 0 Å². The zero-order valence-electron chi connectivity index (χ0n) is 9.84. The van der Waals surface area contributed by atoms with E-state index in [9.17, 15) is 0 Å². The molecule has 1 nitrogen and oxygen atoms in total. The Bertz CT molecular complexity index is 341. The minimum atomic E-state index is 0.308. The molecule has 1 aromatic rings.